The lowest BCUT2D eigenvalue weighted by Gasteiger charge is -2.37. The first-order chi connectivity index (χ1) is 9.67. The van der Waals surface area contributed by atoms with Crippen molar-refractivity contribution in [1.82, 2.24) is 5.32 Å². The SMILES string of the molecule is CCNC(c1cc(C)ccc1C)C1SCCSC1CC. The van der Waals surface area contributed by atoms with Crippen LogP contribution in [0.25, 0.3) is 0 Å². The maximum absolute atomic E-state index is 3.77. The third-order valence-corrected chi connectivity index (χ3v) is 7.37. The summed E-state index contributed by atoms with van der Waals surface area (Å²) >= 11 is 4.34. The zero-order chi connectivity index (χ0) is 14.5. The Morgan fingerprint density at radius 3 is 2.65 bits per heavy atom. The summed E-state index contributed by atoms with van der Waals surface area (Å²) in [7, 11) is 0. The Bertz CT molecular complexity index is 433. The van der Waals surface area contributed by atoms with Gasteiger partial charge in [0.25, 0.3) is 0 Å². The van der Waals surface area contributed by atoms with Gasteiger partial charge in [-0.15, -0.1) is 0 Å². The first-order valence-electron chi connectivity index (χ1n) is 7.71. The molecule has 0 spiro atoms. The van der Waals surface area contributed by atoms with Gasteiger partial charge in [-0.25, -0.2) is 0 Å². The number of hydrogen-bond acceptors (Lipinski definition) is 3. The minimum absolute atomic E-state index is 0.489. The van der Waals surface area contributed by atoms with Crippen LogP contribution >= 0.6 is 23.5 Å². The summed E-state index contributed by atoms with van der Waals surface area (Å²) in [6.07, 6.45) is 1.27. The number of nitrogens with one attached hydrogen (secondary N) is 1. The first-order valence-corrected chi connectivity index (χ1v) is 9.80. The molecular formula is C17H27NS2. The smallest absolute Gasteiger partial charge is 0.0454 e. The molecule has 1 N–H and O–H groups in total. The Balaban J connectivity index is 2.31. The third kappa shape index (κ3) is 3.75. The summed E-state index contributed by atoms with van der Waals surface area (Å²) in [4.78, 5) is 0. The van der Waals surface area contributed by atoms with Crippen molar-refractivity contribution in [3.8, 4) is 0 Å². The van der Waals surface area contributed by atoms with Crippen LogP contribution in [0.5, 0.6) is 0 Å². The molecule has 1 aromatic rings. The maximum atomic E-state index is 3.77. The Labute approximate surface area is 132 Å². The molecule has 1 aliphatic rings. The fourth-order valence-electron chi connectivity index (χ4n) is 2.96. The van der Waals surface area contributed by atoms with Gasteiger partial charge in [-0.2, -0.15) is 23.5 Å². The standard InChI is InChI=1S/C17H27NS2/c1-5-15-17(20-10-9-19-15)16(18-6-2)14-11-12(3)7-8-13(14)4/h7-8,11,15-18H,5-6,9-10H2,1-4H3. The molecule has 1 aromatic carbocycles. The lowest BCUT2D eigenvalue weighted by molar-refractivity contribution is 0.510. The number of hydrogen-bond donors (Lipinski definition) is 1. The second-order valence-electron chi connectivity index (χ2n) is 5.55. The van der Waals surface area contributed by atoms with Crippen molar-refractivity contribution >= 4 is 23.5 Å². The van der Waals surface area contributed by atoms with Gasteiger partial charge in [0.15, 0.2) is 0 Å². The van der Waals surface area contributed by atoms with Crippen LogP contribution in [0.1, 0.15) is 43.0 Å². The van der Waals surface area contributed by atoms with E-state index >= 15 is 0 Å². The summed E-state index contributed by atoms with van der Waals surface area (Å²) in [5.74, 6) is 2.60. The van der Waals surface area contributed by atoms with Gasteiger partial charge in [0, 0.05) is 28.0 Å². The van der Waals surface area contributed by atoms with Gasteiger partial charge in [-0.3, -0.25) is 0 Å². The summed E-state index contributed by atoms with van der Waals surface area (Å²) in [6.45, 7) is 10.0. The van der Waals surface area contributed by atoms with Crippen LogP contribution in [0.2, 0.25) is 0 Å². The predicted molar refractivity (Wildman–Crippen MR) is 95.1 cm³/mol. The molecule has 1 heterocycles. The van der Waals surface area contributed by atoms with E-state index in [2.05, 4.69) is 74.7 Å². The molecule has 3 heteroatoms. The van der Waals surface area contributed by atoms with E-state index < -0.39 is 0 Å². The lowest BCUT2D eigenvalue weighted by atomic mass is 9.94. The van der Waals surface area contributed by atoms with Crippen molar-refractivity contribution in [2.75, 3.05) is 18.1 Å². The van der Waals surface area contributed by atoms with E-state index in [1.54, 1.807) is 0 Å². The first kappa shape index (κ1) is 16.3. The fourth-order valence-corrected chi connectivity index (χ4v) is 6.21. The maximum Gasteiger partial charge on any atom is 0.0454 e. The summed E-state index contributed by atoms with van der Waals surface area (Å²) in [5.41, 5.74) is 4.30. The molecule has 1 saturated heterocycles. The predicted octanol–water partition coefficient (Wildman–Crippen LogP) is 4.58. The van der Waals surface area contributed by atoms with Crippen LogP contribution in [0.15, 0.2) is 18.2 Å². The zero-order valence-corrected chi connectivity index (χ0v) is 14.7. The van der Waals surface area contributed by atoms with Crippen LogP contribution < -0.4 is 5.32 Å². The largest absolute Gasteiger partial charge is 0.309 e. The van der Waals surface area contributed by atoms with Gasteiger partial charge < -0.3 is 5.32 Å². The van der Waals surface area contributed by atoms with Gasteiger partial charge in [0.05, 0.1) is 0 Å². The normalized spacial score (nSPS) is 24.6. The Kier molecular flexibility index (Phi) is 6.31. The van der Waals surface area contributed by atoms with Crippen LogP contribution in [0, 0.1) is 13.8 Å². The molecule has 1 aliphatic heterocycles. The lowest BCUT2D eigenvalue weighted by Crippen LogP contribution is -2.39. The van der Waals surface area contributed by atoms with Gasteiger partial charge in [-0.1, -0.05) is 37.6 Å². The van der Waals surface area contributed by atoms with E-state index in [9.17, 15) is 0 Å². The van der Waals surface area contributed by atoms with Crippen molar-refractivity contribution in [2.45, 2.75) is 50.7 Å². The molecule has 3 unspecified atom stereocenters. The van der Waals surface area contributed by atoms with Gasteiger partial charge in [-0.05, 0) is 37.9 Å². The topological polar surface area (TPSA) is 12.0 Å². The highest BCUT2D eigenvalue weighted by Gasteiger charge is 2.33. The minimum atomic E-state index is 0.489. The second-order valence-corrected chi connectivity index (χ2v) is 8.18. The average Bonchev–Trinajstić information content (AvgIpc) is 2.47. The Morgan fingerprint density at radius 1 is 1.20 bits per heavy atom. The second kappa shape index (κ2) is 7.77. The van der Waals surface area contributed by atoms with Crippen molar-refractivity contribution in [3.05, 3.63) is 34.9 Å². The highest BCUT2D eigenvalue weighted by molar-refractivity contribution is 8.07. The highest BCUT2D eigenvalue weighted by atomic mass is 32.2. The molecule has 0 bridgehead atoms. The molecule has 0 amide bonds. The van der Waals surface area contributed by atoms with Gasteiger partial charge in [0.2, 0.25) is 0 Å². The van der Waals surface area contributed by atoms with Gasteiger partial charge in [0.1, 0.15) is 0 Å². The third-order valence-electron chi connectivity index (χ3n) is 4.02. The van der Waals surface area contributed by atoms with Crippen LogP contribution in [-0.2, 0) is 0 Å². The van der Waals surface area contributed by atoms with E-state index in [0.717, 1.165) is 11.8 Å². The zero-order valence-electron chi connectivity index (χ0n) is 13.1. The number of thioether (sulfide) groups is 2. The number of benzene rings is 1. The van der Waals surface area contributed by atoms with Gasteiger partial charge >= 0.3 is 0 Å². The minimum Gasteiger partial charge on any atom is -0.309 e. The average molecular weight is 310 g/mol. The summed E-state index contributed by atoms with van der Waals surface area (Å²) in [5, 5.41) is 5.24. The summed E-state index contributed by atoms with van der Waals surface area (Å²) in [6, 6.07) is 7.37. The fraction of sp³-hybridized carbons (Fsp3) is 0.647. The Morgan fingerprint density at radius 2 is 1.95 bits per heavy atom. The van der Waals surface area contributed by atoms with E-state index in [4.69, 9.17) is 0 Å². The van der Waals surface area contributed by atoms with Crippen molar-refractivity contribution in [3.63, 3.8) is 0 Å². The van der Waals surface area contributed by atoms with E-state index in [-0.39, 0.29) is 0 Å². The number of aryl methyl sites for hydroxylation is 2. The summed E-state index contributed by atoms with van der Waals surface area (Å²) < 4.78 is 0. The molecule has 112 valence electrons. The highest BCUT2D eigenvalue weighted by Crippen LogP contribution is 2.41. The van der Waals surface area contributed by atoms with Crippen LogP contribution in [-0.4, -0.2) is 28.6 Å². The monoisotopic (exact) mass is 309 g/mol. The molecule has 0 saturated carbocycles. The van der Waals surface area contributed by atoms with E-state index in [1.807, 2.05) is 0 Å². The van der Waals surface area contributed by atoms with E-state index in [1.165, 1.54) is 34.6 Å². The van der Waals surface area contributed by atoms with Crippen molar-refractivity contribution in [2.24, 2.45) is 0 Å². The molecule has 2 rings (SSSR count). The molecule has 0 radical (unpaired) electrons. The quantitative estimate of drug-likeness (QED) is 0.855. The van der Waals surface area contributed by atoms with Crippen molar-refractivity contribution in [1.29, 1.82) is 0 Å². The molecule has 20 heavy (non-hydrogen) atoms. The molecule has 0 aliphatic carbocycles. The molecule has 1 fully saturated rings. The molecule has 0 aromatic heterocycles. The van der Waals surface area contributed by atoms with E-state index in [0.29, 0.717) is 11.3 Å². The number of rotatable bonds is 5. The van der Waals surface area contributed by atoms with Crippen molar-refractivity contribution < 1.29 is 0 Å². The van der Waals surface area contributed by atoms with Crippen LogP contribution in [0.3, 0.4) is 0 Å². The molecule has 1 nitrogen and oxygen atoms in total. The molecular weight excluding hydrogens is 282 g/mol. The molecule has 3 atom stereocenters. The Hall–Kier alpha value is -0.120. The van der Waals surface area contributed by atoms with Crippen LogP contribution in [0.4, 0.5) is 0 Å².